The van der Waals surface area contributed by atoms with Crippen LogP contribution < -0.4 is 0 Å². The normalized spacial score (nSPS) is 13.5. The fourth-order valence-corrected chi connectivity index (χ4v) is 2.23. The maximum Gasteiger partial charge on any atom is 0.316 e. The van der Waals surface area contributed by atoms with Gasteiger partial charge in [-0.3, -0.25) is 9.59 Å². The summed E-state index contributed by atoms with van der Waals surface area (Å²) in [6.07, 6.45) is 11.1. The highest BCUT2D eigenvalue weighted by Crippen LogP contribution is 2.14. The number of ketones is 1. The number of methoxy groups -OCH3 is 1. The molecule has 0 bridgehead atoms. The fourth-order valence-electron chi connectivity index (χ4n) is 2.23. The van der Waals surface area contributed by atoms with Crippen molar-refractivity contribution in [2.45, 2.75) is 66.7 Å². The second kappa shape index (κ2) is 11.9. The second-order valence-electron chi connectivity index (χ2n) is 6.38. The van der Waals surface area contributed by atoms with Crippen molar-refractivity contribution in [2.24, 2.45) is 5.92 Å². The Kier molecular flexibility index (Phi) is 11.0. The molecule has 0 aromatic heterocycles. The van der Waals surface area contributed by atoms with Crippen LogP contribution in [0.4, 0.5) is 0 Å². The van der Waals surface area contributed by atoms with Crippen LogP contribution in [-0.2, 0) is 14.3 Å². The predicted molar refractivity (Wildman–Crippen MR) is 96.2 cm³/mol. The molecule has 0 aromatic carbocycles. The van der Waals surface area contributed by atoms with Crippen molar-refractivity contribution in [3.8, 4) is 0 Å². The smallest absolute Gasteiger partial charge is 0.316 e. The van der Waals surface area contributed by atoms with Gasteiger partial charge in [0.2, 0.25) is 0 Å². The van der Waals surface area contributed by atoms with Gasteiger partial charge in [0.05, 0.1) is 7.11 Å². The van der Waals surface area contributed by atoms with Gasteiger partial charge in [0.15, 0.2) is 0 Å². The molecule has 130 valence electrons. The molecule has 0 aliphatic rings. The monoisotopic (exact) mass is 320 g/mol. The minimum absolute atomic E-state index is 0.143. The molecule has 0 spiro atoms. The topological polar surface area (TPSA) is 43.4 Å². The molecule has 0 N–H and O–H groups in total. The Labute approximate surface area is 141 Å². The molecule has 0 aromatic rings. The van der Waals surface area contributed by atoms with Crippen LogP contribution in [0.1, 0.15) is 66.7 Å². The Hall–Kier alpha value is -1.64. The van der Waals surface area contributed by atoms with Crippen LogP contribution in [0.2, 0.25) is 0 Å². The zero-order chi connectivity index (χ0) is 17.8. The third-order valence-electron chi connectivity index (χ3n) is 3.80. The van der Waals surface area contributed by atoms with E-state index in [9.17, 15) is 9.59 Å². The van der Waals surface area contributed by atoms with E-state index in [-0.39, 0.29) is 5.78 Å². The molecule has 0 amide bonds. The van der Waals surface area contributed by atoms with Crippen molar-refractivity contribution in [3.05, 3.63) is 34.9 Å². The SMILES string of the molecule is COC(=O)C(CC=C(C)CCC=C(C)CCC=C(C)C)C(C)=O. The number of Topliss-reactive ketones (excluding diaryl/α,β-unsaturated/α-hetero) is 1. The van der Waals surface area contributed by atoms with Crippen molar-refractivity contribution in [1.29, 1.82) is 0 Å². The van der Waals surface area contributed by atoms with Crippen LogP contribution in [0.3, 0.4) is 0 Å². The highest BCUT2D eigenvalue weighted by molar-refractivity contribution is 5.97. The molecule has 23 heavy (non-hydrogen) atoms. The highest BCUT2D eigenvalue weighted by atomic mass is 16.5. The molecule has 0 aliphatic heterocycles. The Morgan fingerprint density at radius 3 is 1.87 bits per heavy atom. The maximum absolute atomic E-state index is 11.5. The molecule has 1 atom stereocenters. The summed E-state index contributed by atoms with van der Waals surface area (Å²) in [5, 5.41) is 0. The fraction of sp³-hybridized carbons (Fsp3) is 0.600. The number of ether oxygens (including phenoxy) is 1. The molecule has 0 heterocycles. The van der Waals surface area contributed by atoms with E-state index in [1.54, 1.807) is 0 Å². The quantitative estimate of drug-likeness (QED) is 0.317. The van der Waals surface area contributed by atoms with Gasteiger partial charge in [-0.25, -0.2) is 0 Å². The molecule has 0 saturated heterocycles. The van der Waals surface area contributed by atoms with Gasteiger partial charge in [-0.05, 0) is 66.7 Å². The van der Waals surface area contributed by atoms with Crippen molar-refractivity contribution in [2.75, 3.05) is 7.11 Å². The van der Waals surface area contributed by atoms with Crippen LogP contribution in [0.15, 0.2) is 34.9 Å². The summed E-state index contributed by atoms with van der Waals surface area (Å²) in [6.45, 7) is 9.89. The summed E-state index contributed by atoms with van der Waals surface area (Å²) in [6, 6.07) is 0. The molecular formula is C20H32O3. The van der Waals surface area contributed by atoms with E-state index in [2.05, 4.69) is 37.7 Å². The van der Waals surface area contributed by atoms with E-state index in [1.165, 1.54) is 30.8 Å². The molecule has 0 fully saturated rings. The van der Waals surface area contributed by atoms with Crippen molar-refractivity contribution in [3.63, 3.8) is 0 Å². The largest absolute Gasteiger partial charge is 0.468 e. The first-order chi connectivity index (χ1) is 10.8. The summed E-state index contributed by atoms with van der Waals surface area (Å²) >= 11 is 0. The first-order valence-electron chi connectivity index (χ1n) is 8.30. The van der Waals surface area contributed by atoms with Crippen molar-refractivity contribution in [1.82, 2.24) is 0 Å². The van der Waals surface area contributed by atoms with E-state index >= 15 is 0 Å². The molecule has 0 rings (SSSR count). The lowest BCUT2D eigenvalue weighted by molar-refractivity contribution is -0.148. The van der Waals surface area contributed by atoms with Crippen molar-refractivity contribution >= 4 is 11.8 Å². The molecular weight excluding hydrogens is 288 g/mol. The first kappa shape index (κ1) is 21.4. The number of hydrogen-bond donors (Lipinski definition) is 0. The average Bonchev–Trinajstić information content (AvgIpc) is 2.46. The number of allylic oxidation sites excluding steroid dienone is 6. The molecule has 1 unspecified atom stereocenters. The second-order valence-corrected chi connectivity index (χ2v) is 6.38. The number of esters is 1. The number of rotatable bonds is 10. The summed E-state index contributed by atoms with van der Waals surface area (Å²) in [5.74, 6) is -1.26. The van der Waals surface area contributed by atoms with Gasteiger partial charge in [-0.15, -0.1) is 0 Å². The summed E-state index contributed by atoms with van der Waals surface area (Å²) in [4.78, 5) is 23.0. The van der Waals surface area contributed by atoms with Gasteiger partial charge in [0.25, 0.3) is 0 Å². The van der Waals surface area contributed by atoms with Gasteiger partial charge >= 0.3 is 5.97 Å². The Balaban J connectivity index is 4.31. The van der Waals surface area contributed by atoms with E-state index in [0.29, 0.717) is 6.42 Å². The molecule has 0 aliphatic carbocycles. The zero-order valence-corrected chi connectivity index (χ0v) is 15.6. The van der Waals surface area contributed by atoms with Gasteiger partial charge in [0.1, 0.15) is 11.7 Å². The third-order valence-corrected chi connectivity index (χ3v) is 3.80. The lowest BCUT2D eigenvalue weighted by Gasteiger charge is -2.09. The molecule has 0 radical (unpaired) electrons. The van der Waals surface area contributed by atoms with E-state index < -0.39 is 11.9 Å². The van der Waals surface area contributed by atoms with Gasteiger partial charge in [-0.1, -0.05) is 34.9 Å². The number of hydrogen-bond acceptors (Lipinski definition) is 3. The summed E-state index contributed by atoms with van der Waals surface area (Å²) in [7, 11) is 1.32. The predicted octanol–water partition coefficient (Wildman–Crippen LogP) is 5.17. The zero-order valence-electron chi connectivity index (χ0n) is 15.6. The third kappa shape index (κ3) is 10.7. The van der Waals surface area contributed by atoms with Gasteiger partial charge in [-0.2, -0.15) is 0 Å². The lowest BCUT2D eigenvalue weighted by Crippen LogP contribution is -2.22. The average molecular weight is 320 g/mol. The Morgan fingerprint density at radius 1 is 0.870 bits per heavy atom. The van der Waals surface area contributed by atoms with Crippen molar-refractivity contribution < 1.29 is 14.3 Å². The minimum atomic E-state index is -0.670. The number of carbonyl (C=O) groups is 2. The van der Waals surface area contributed by atoms with Crippen LogP contribution in [0.25, 0.3) is 0 Å². The first-order valence-corrected chi connectivity index (χ1v) is 8.30. The van der Waals surface area contributed by atoms with Crippen LogP contribution in [0, 0.1) is 5.92 Å². The van der Waals surface area contributed by atoms with E-state index in [1.807, 2.05) is 13.0 Å². The van der Waals surface area contributed by atoms with Gasteiger partial charge < -0.3 is 4.74 Å². The standard InChI is InChI=1S/C20H32O3/c1-15(2)9-7-10-16(3)11-8-12-17(4)13-14-19(18(5)21)20(22)23-6/h9,11,13,19H,7-8,10,12,14H2,1-6H3. The Morgan fingerprint density at radius 2 is 1.39 bits per heavy atom. The van der Waals surface area contributed by atoms with Crippen LogP contribution >= 0.6 is 0 Å². The molecule has 3 heteroatoms. The van der Waals surface area contributed by atoms with E-state index in [4.69, 9.17) is 0 Å². The maximum atomic E-state index is 11.5. The van der Waals surface area contributed by atoms with E-state index in [0.717, 1.165) is 25.7 Å². The Bertz CT molecular complexity index is 477. The van der Waals surface area contributed by atoms with Gasteiger partial charge in [0, 0.05) is 0 Å². The summed E-state index contributed by atoms with van der Waals surface area (Å²) in [5.41, 5.74) is 3.97. The van der Waals surface area contributed by atoms with Crippen LogP contribution in [0.5, 0.6) is 0 Å². The minimum Gasteiger partial charge on any atom is -0.468 e. The lowest BCUT2D eigenvalue weighted by atomic mass is 9.98. The number of carbonyl (C=O) groups excluding carboxylic acids is 2. The highest BCUT2D eigenvalue weighted by Gasteiger charge is 2.22. The van der Waals surface area contributed by atoms with Crippen LogP contribution in [-0.4, -0.2) is 18.9 Å². The summed E-state index contributed by atoms with van der Waals surface area (Å²) < 4.78 is 4.67. The molecule has 3 nitrogen and oxygen atoms in total. The molecule has 0 saturated carbocycles.